The number of rotatable bonds is 3. The van der Waals surface area contributed by atoms with Crippen LogP contribution in [0.4, 0.5) is 4.39 Å². The molecular weight excluding hydrogens is 315 g/mol. The predicted octanol–water partition coefficient (Wildman–Crippen LogP) is 1.09. The summed E-state index contributed by atoms with van der Waals surface area (Å²) in [5.74, 6) is -1.11. The van der Waals surface area contributed by atoms with E-state index < -0.39 is 17.2 Å². The van der Waals surface area contributed by atoms with Gasteiger partial charge in [-0.1, -0.05) is 11.6 Å². The minimum absolute atomic E-state index is 0.0237. The molecule has 0 radical (unpaired) electrons. The summed E-state index contributed by atoms with van der Waals surface area (Å²) in [5, 5.41) is 17.4. The van der Waals surface area contributed by atoms with E-state index in [2.05, 4.69) is 0 Å². The van der Waals surface area contributed by atoms with Crippen molar-refractivity contribution >= 4 is 11.6 Å². The lowest BCUT2D eigenvalue weighted by Gasteiger charge is -2.10. The normalized spacial score (nSPS) is 9.82. The van der Waals surface area contributed by atoms with Gasteiger partial charge in [0, 0.05) is 6.07 Å². The fraction of sp³-hybridized carbons (Fsp3) is 0.0769. The number of hydrogen-bond donors (Lipinski definition) is 1. The smallest absolute Gasteiger partial charge is 0.335 e. The van der Waals surface area contributed by atoms with Gasteiger partial charge in [0.15, 0.2) is 6.61 Å². The lowest BCUT2D eigenvalue weighted by molar-refractivity contribution is 0.367. The molecule has 1 heterocycles. The third-order valence-corrected chi connectivity index (χ3v) is 2.91. The van der Waals surface area contributed by atoms with Gasteiger partial charge in [0.2, 0.25) is 5.95 Å². The number of H-pyrrole nitrogens is 1. The van der Waals surface area contributed by atoms with Crippen molar-refractivity contribution in [1.82, 2.24) is 9.55 Å². The van der Waals surface area contributed by atoms with Gasteiger partial charge in [-0.05, 0) is 6.07 Å². The van der Waals surface area contributed by atoms with Crippen LogP contribution in [0.1, 0.15) is 5.56 Å². The molecule has 0 aliphatic rings. The molecule has 7 nitrogen and oxygen atoms in total. The van der Waals surface area contributed by atoms with Crippen molar-refractivity contribution in [2.75, 3.05) is 6.61 Å². The molecular formula is C13H6ClFN4O3. The minimum Gasteiger partial charge on any atom is -0.477 e. The first kappa shape index (κ1) is 15.3. The highest BCUT2D eigenvalue weighted by Crippen LogP contribution is 2.28. The van der Waals surface area contributed by atoms with E-state index in [0.717, 1.165) is 6.07 Å². The monoisotopic (exact) mass is 320 g/mol. The van der Waals surface area contributed by atoms with Gasteiger partial charge in [0.25, 0.3) is 5.56 Å². The van der Waals surface area contributed by atoms with Crippen LogP contribution in [0.5, 0.6) is 5.75 Å². The van der Waals surface area contributed by atoms with Crippen LogP contribution < -0.4 is 16.0 Å². The number of nitrogens with one attached hydrogen (secondary N) is 1. The Kier molecular flexibility index (Phi) is 4.25. The van der Waals surface area contributed by atoms with Gasteiger partial charge in [-0.2, -0.15) is 14.9 Å². The average molecular weight is 321 g/mol. The zero-order chi connectivity index (χ0) is 16.3. The lowest BCUT2D eigenvalue weighted by atomic mass is 10.2. The second kappa shape index (κ2) is 6.12. The molecule has 0 aliphatic carbocycles. The molecule has 1 aromatic heterocycles. The molecule has 2 rings (SSSR count). The highest BCUT2D eigenvalue weighted by Gasteiger charge is 2.15. The summed E-state index contributed by atoms with van der Waals surface area (Å²) in [4.78, 5) is 25.3. The van der Waals surface area contributed by atoms with E-state index in [4.69, 9.17) is 26.9 Å². The Hall–Kier alpha value is -3.10. The Bertz CT molecular complexity index is 905. The Labute approximate surface area is 127 Å². The zero-order valence-corrected chi connectivity index (χ0v) is 11.5. The van der Waals surface area contributed by atoms with Crippen LogP contribution in [0.25, 0.3) is 5.69 Å². The average Bonchev–Trinajstić information content (AvgIpc) is 2.46. The van der Waals surface area contributed by atoms with Crippen LogP contribution in [0.15, 0.2) is 27.8 Å². The maximum absolute atomic E-state index is 13.0. The van der Waals surface area contributed by atoms with E-state index >= 15 is 0 Å². The summed E-state index contributed by atoms with van der Waals surface area (Å²) in [6.45, 7) is -0.343. The van der Waals surface area contributed by atoms with Crippen molar-refractivity contribution in [2.24, 2.45) is 0 Å². The molecule has 1 N–H and O–H groups in total. The maximum Gasteiger partial charge on any atom is 0.335 e. The third-order valence-electron chi connectivity index (χ3n) is 2.60. The summed E-state index contributed by atoms with van der Waals surface area (Å²) < 4.78 is 18.6. The predicted molar refractivity (Wildman–Crippen MR) is 73.5 cm³/mol. The maximum atomic E-state index is 13.0. The number of ether oxygens (including phenoxy) is 1. The minimum atomic E-state index is -1.09. The fourth-order valence-electron chi connectivity index (χ4n) is 1.73. The lowest BCUT2D eigenvalue weighted by Crippen LogP contribution is -2.34. The first-order valence-electron chi connectivity index (χ1n) is 5.73. The molecule has 0 aliphatic heterocycles. The van der Waals surface area contributed by atoms with E-state index in [1.54, 1.807) is 6.07 Å². The van der Waals surface area contributed by atoms with Gasteiger partial charge in [-0.15, -0.1) is 0 Å². The molecule has 0 amide bonds. The Balaban J connectivity index is 2.72. The molecule has 9 heteroatoms. The van der Waals surface area contributed by atoms with Crippen LogP contribution in [0, 0.1) is 28.6 Å². The zero-order valence-electron chi connectivity index (χ0n) is 10.8. The molecule has 0 atom stereocenters. The molecule has 0 unspecified atom stereocenters. The second-order valence-electron chi connectivity index (χ2n) is 3.95. The highest BCUT2D eigenvalue weighted by atomic mass is 35.5. The Morgan fingerprint density at radius 3 is 2.64 bits per heavy atom. The highest BCUT2D eigenvalue weighted by molar-refractivity contribution is 6.32. The molecule has 1 aromatic carbocycles. The van der Waals surface area contributed by atoms with E-state index in [9.17, 15) is 14.0 Å². The number of benzene rings is 1. The van der Waals surface area contributed by atoms with Gasteiger partial charge in [-0.3, -0.25) is 9.78 Å². The van der Waals surface area contributed by atoms with Crippen LogP contribution in [0.2, 0.25) is 5.02 Å². The number of aromatic amines is 1. The molecule has 0 saturated heterocycles. The number of aromatic nitrogens is 2. The van der Waals surface area contributed by atoms with Crippen molar-refractivity contribution in [3.63, 3.8) is 0 Å². The number of hydrogen-bond acceptors (Lipinski definition) is 5. The summed E-state index contributed by atoms with van der Waals surface area (Å²) in [5.41, 5.74) is -2.06. The van der Waals surface area contributed by atoms with Gasteiger partial charge >= 0.3 is 5.69 Å². The molecule has 0 saturated carbocycles. The fourth-order valence-corrected chi connectivity index (χ4v) is 1.97. The molecule has 0 bridgehead atoms. The largest absolute Gasteiger partial charge is 0.477 e. The van der Waals surface area contributed by atoms with E-state index in [1.165, 1.54) is 6.07 Å². The first-order chi connectivity index (χ1) is 10.5. The van der Waals surface area contributed by atoms with Gasteiger partial charge in [0.1, 0.15) is 17.9 Å². The Morgan fingerprint density at radius 2 is 2.05 bits per heavy atom. The topological polar surface area (TPSA) is 112 Å². The molecule has 2 aromatic rings. The molecule has 110 valence electrons. The molecule has 0 fully saturated rings. The van der Waals surface area contributed by atoms with Crippen molar-refractivity contribution in [3.05, 3.63) is 55.6 Å². The van der Waals surface area contributed by atoms with E-state index in [0.29, 0.717) is 10.6 Å². The number of nitrogens with zero attached hydrogens (tertiary/aromatic N) is 3. The van der Waals surface area contributed by atoms with Gasteiger partial charge in [-0.25, -0.2) is 9.36 Å². The van der Waals surface area contributed by atoms with E-state index in [-0.39, 0.29) is 28.6 Å². The SMILES string of the molecule is N#CCOc1cc(-n2c(=O)cc(F)[nH]c2=O)c(Cl)cc1C#N. The van der Waals surface area contributed by atoms with Crippen LogP contribution >= 0.6 is 11.6 Å². The molecule has 0 spiro atoms. The number of nitriles is 2. The van der Waals surface area contributed by atoms with Crippen LogP contribution in [-0.2, 0) is 0 Å². The van der Waals surface area contributed by atoms with Crippen molar-refractivity contribution < 1.29 is 9.13 Å². The summed E-state index contributed by atoms with van der Waals surface area (Å²) in [7, 11) is 0. The summed E-state index contributed by atoms with van der Waals surface area (Å²) in [6, 6.07) is 6.45. The summed E-state index contributed by atoms with van der Waals surface area (Å²) >= 11 is 5.95. The third kappa shape index (κ3) is 2.82. The van der Waals surface area contributed by atoms with Gasteiger partial charge < -0.3 is 4.74 Å². The first-order valence-corrected chi connectivity index (χ1v) is 6.11. The number of halogens is 2. The van der Waals surface area contributed by atoms with Crippen LogP contribution in [0.3, 0.4) is 0 Å². The van der Waals surface area contributed by atoms with Crippen molar-refractivity contribution in [2.45, 2.75) is 0 Å². The van der Waals surface area contributed by atoms with E-state index in [1.807, 2.05) is 11.1 Å². The van der Waals surface area contributed by atoms with Gasteiger partial charge in [0.05, 0.1) is 22.3 Å². The Morgan fingerprint density at radius 1 is 1.32 bits per heavy atom. The van der Waals surface area contributed by atoms with Crippen molar-refractivity contribution in [3.8, 4) is 23.6 Å². The van der Waals surface area contributed by atoms with Crippen molar-refractivity contribution in [1.29, 1.82) is 10.5 Å². The van der Waals surface area contributed by atoms with Crippen LogP contribution in [-0.4, -0.2) is 16.2 Å². The second-order valence-corrected chi connectivity index (χ2v) is 4.36. The molecule has 22 heavy (non-hydrogen) atoms. The standard InChI is InChI=1S/C13H6ClFN4O3/c14-8-3-7(6-17)10(22-2-1-16)4-9(8)19-12(20)5-11(15)18-13(19)21/h3-5H,2H2,(H,18,21). The summed E-state index contributed by atoms with van der Waals surface area (Å²) in [6.07, 6.45) is 0. The quantitative estimate of drug-likeness (QED) is 0.851.